The molecule has 2 aliphatic heterocycles. The van der Waals surface area contributed by atoms with Crippen LogP contribution in [0, 0.1) is 0 Å². The van der Waals surface area contributed by atoms with E-state index in [0.717, 1.165) is 42.4 Å². The van der Waals surface area contributed by atoms with Crippen LogP contribution in [0.2, 0.25) is 0 Å². The van der Waals surface area contributed by atoms with Gasteiger partial charge in [-0.3, -0.25) is 9.59 Å². The second-order valence-electron chi connectivity index (χ2n) is 11.2. The zero-order chi connectivity index (χ0) is 27.7. The fraction of sp³-hybridized carbons (Fsp3) is 0.412. The lowest BCUT2D eigenvalue weighted by atomic mass is 9.75. The highest BCUT2D eigenvalue weighted by atomic mass is 16.5. The topological polar surface area (TPSA) is 67.9 Å². The van der Waals surface area contributed by atoms with Crippen molar-refractivity contribution in [3.63, 3.8) is 0 Å². The summed E-state index contributed by atoms with van der Waals surface area (Å²) in [7, 11) is 0. The van der Waals surface area contributed by atoms with Gasteiger partial charge in [0.05, 0.1) is 25.2 Å². The SMILES string of the molecule is CCOc1cc2c(cc1OCC)[C@H]1[C@H](C(=O)NCC3(c4ccccc4)CCCC3)c3ccccc3C(=O)N1CC2. The Morgan fingerprint density at radius 1 is 0.925 bits per heavy atom. The molecule has 40 heavy (non-hydrogen) atoms. The number of benzene rings is 3. The Balaban J connectivity index is 1.40. The second kappa shape index (κ2) is 11.0. The van der Waals surface area contributed by atoms with Crippen LogP contribution < -0.4 is 14.8 Å². The fourth-order valence-electron chi connectivity index (χ4n) is 7.13. The van der Waals surface area contributed by atoms with Gasteiger partial charge in [0.15, 0.2) is 11.5 Å². The molecule has 3 aliphatic rings. The second-order valence-corrected chi connectivity index (χ2v) is 11.2. The summed E-state index contributed by atoms with van der Waals surface area (Å²) >= 11 is 0. The maximum Gasteiger partial charge on any atom is 0.254 e. The van der Waals surface area contributed by atoms with E-state index in [0.29, 0.717) is 49.8 Å². The molecule has 1 fully saturated rings. The Morgan fingerprint density at radius 3 is 2.33 bits per heavy atom. The number of hydrogen-bond acceptors (Lipinski definition) is 4. The standard InChI is InChI=1S/C34H38N2O4/c1-3-39-28-20-23-16-19-36-31(27(23)21-29(28)40-4-2)30(25-14-8-9-15-26(25)33(36)38)32(37)35-22-34(17-10-11-18-34)24-12-6-5-7-13-24/h5-9,12-15,20-21,30-31H,3-4,10-11,16-19,22H2,1-2H3,(H,35,37)/t30-,31+/m1/s1. The summed E-state index contributed by atoms with van der Waals surface area (Å²) < 4.78 is 11.9. The number of hydrogen-bond donors (Lipinski definition) is 1. The molecule has 6 nitrogen and oxygen atoms in total. The zero-order valence-electron chi connectivity index (χ0n) is 23.4. The summed E-state index contributed by atoms with van der Waals surface area (Å²) in [6.45, 7) is 6.09. The maximum absolute atomic E-state index is 14.3. The number of nitrogens with zero attached hydrogens (tertiary/aromatic N) is 1. The van der Waals surface area contributed by atoms with Crippen molar-refractivity contribution in [3.05, 3.63) is 94.5 Å². The van der Waals surface area contributed by atoms with Gasteiger partial charge in [0.1, 0.15) is 0 Å². The van der Waals surface area contributed by atoms with Crippen molar-refractivity contribution in [3.8, 4) is 11.5 Å². The normalized spacial score (nSPS) is 20.8. The highest BCUT2D eigenvalue weighted by Crippen LogP contribution is 2.49. The molecule has 2 amide bonds. The van der Waals surface area contributed by atoms with Crippen LogP contribution in [-0.2, 0) is 16.6 Å². The molecule has 1 aliphatic carbocycles. The lowest BCUT2D eigenvalue weighted by Crippen LogP contribution is -2.51. The third-order valence-electron chi connectivity index (χ3n) is 9.01. The van der Waals surface area contributed by atoms with E-state index in [2.05, 4.69) is 29.6 Å². The lowest BCUT2D eigenvalue weighted by Gasteiger charge is -2.45. The average molecular weight is 539 g/mol. The van der Waals surface area contributed by atoms with Gasteiger partial charge in [-0.2, -0.15) is 0 Å². The number of ether oxygens (including phenoxy) is 2. The van der Waals surface area contributed by atoms with Gasteiger partial charge in [0, 0.05) is 24.1 Å². The molecule has 6 rings (SSSR count). The van der Waals surface area contributed by atoms with Gasteiger partial charge in [-0.15, -0.1) is 0 Å². The minimum atomic E-state index is -0.519. The molecule has 6 heteroatoms. The maximum atomic E-state index is 14.3. The highest BCUT2D eigenvalue weighted by Gasteiger charge is 2.47. The van der Waals surface area contributed by atoms with E-state index in [4.69, 9.17) is 9.47 Å². The molecule has 0 aromatic heterocycles. The first-order valence-corrected chi connectivity index (χ1v) is 14.7. The molecular formula is C34H38N2O4. The first kappa shape index (κ1) is 26.4. The van der Waals surface area contributed by atoms with Crippen LogP contribution in [0.25, 0.3) is 0 Å². The predicted octanol–water partition coefficient (Wildman–Crippen LogP) is 5.95. The van der Waals surface area contributed by atoms with Gasteiger partial charge in [-0.25, -0.2) is 0 Å². The van der Waals surface area contributed by atoms with E-state index in [1.807, 2.05) is 61.2 Å². The van der Waals surface area contributed by atoms with Crippen molar-refractivity contribution in [2.24, 2.45) is 0 Å². The first-order valence-electron chi connectivity index (χ1n) is 14.7. The summed E-state index contributed by atoms with van der Waals surface area (Å²) in [4.78, 5) is 30.0. The summed E-state index contributed by atoms with van der Waals surface area (Å²) in [6.07, 6.45) is 5.16. The van der Waals surface area contributed by atoms with Gasteiger partial charge >= 0.3 is 0 Å². The Kier molecular flexibility index (Phi) is 7.26. The minimum absolute atomic E-state index is 0.0151. The third kappa shape index (κ3) is 4.53. The van der Waals surface area contributed by atoms with Crippen LogP contribution in [0.4, 0.5) is 0 Å². The van der Waals surface area contributed by atoms with E-state index in [9.17, 15) is 9.59 Å². The van der Waals surface area contributed by atoms with Crippen LogP contribution in [-0.4, -0.2) is 43.0 Å². The molecule has 0 bridgehead atoms. The molecule has 2 heterocycles. The number of rotatable bonds is 8. The Hall–Kier alpha value is -3.80. The Bertz CT molecular complexity index is 1400. The van der Waals surface area contributed by atoms with Gasteiger partial charge in [0.2, 0.25) is 5.91 Å². The summed E-state index contributed by atoms with van der Waals surface area (Å²) in [6, 6.07) is 21.9. The highest BCUT2D eigenvalue weighted by molar-refractivity contribution is 6.01. The van der Waals surface area contributed by atoms with E-state index >= 15 is 0 Å². The van der Waals surface area contributed by atoms with Crippen LogP contribution in [0.5, 0.6) is 11.5 Å². The molecule has 1 saturated carbocycles. The molecule has 0 unspecified atom stereocenters. The van der Waals surface area contributed by atoms with Crippen LogP contribution in [0.15, 0.2) is 66.7 Å². The molecule has 0 saturated heterocycles. The molecular weight excluding hydrogens is 500 g/mol. The smallest absolute Gasteiger partial charge is 0.254 e. The number of fused-ring (bicyclic) bond motifs is 4. The monoisotopic (exact) mass is 538 g/mol. The van der Waals surface area contributed by atoms with E-state index in [-0.39, 0.29) is 17.2 Å². The summed E-state index contributed by atoms with van der Waals surface area (Å²) in [5.41, 5.74) is 4.73. The average Bonchev–Trinajstić information content (AvgIpc) is 3.47. The quantitative estimate of drug-likeness (QED) is 0.385. The van der Waals surface area contributed by atoms with Gasteiger partial charge in [-0.1, -0.05) is 61.4 Å². The van der Waals surface area contributed by atoms with Gasteiger partial charge in [0.25, 0.3) is 5.91 Å². The Labute approximate surface area is 236 Å². The van der Waals surface area contributed by atoms with E-state index < -0.39 is 12.0 Å². The van der Waals surface area contributed by atoms with Crippen LogP contribution in [0.1, 0.15) is 84.1 Å². The molecule has 208 valence electrons. The number of carbonyl (C=O) groups excluding carboxylic acids is 2. The van der Waals surface area contributed by atoms with Gasteiger partial charge < -0.3 is 19.7 Å². The van der Waals surface area contributed by atoms with E-state index in [1.165, 1.54) is 5.56 Å². The predicted molar refractivity (Wildman–Crippen MR) is 155 cm³/mol. The number of nitrogens with one attached hydrogen (secondary N) is 1. The van der Waals surface area contributed by atoms with Crippen LogP contribution >= 0.6 is 0 Å². The van der Waals surface area contributed by atoms with Crippen molar-refractivity contribution in [1.29, 1.82) is 0 Å². The summed E-state index contributed by atoms with van der Waals surface area (Å²) in [5.74, 6) is 0.806. The Morgan fingerprint density at radius 2 is 1.60 bits per heavy atom. The van der Waals surface area contributed by atoms with Crippen molar-refractivity contribution in [1.82, 2.24) is 10.2 Å². The first-order chi connectivity index (χ1) is 19.6. The number of carbonyl (C=O) groups is 2. The molecule has 3 aromatic carbocycles. The van der Waals surface area contributed by atoms with Gasteiger partial charge in [-0.05, 0) is 73.6 Å². The largest absolute Gasteiger partial charge is 0.490 e. The van der Waals surface area contributed by atoms with Crippen molar-refractivity contribution in [2.45, 2.75) is 63.3 Å². The molecule has 1 N–H and O–H groups in total. The molecule has 2 atom stereocenters. The van der Waals surface area contributed by atoms with Crippen molar-refractivity contribution in [2.75, 3.05) is 26.3 Å². The minimum Gasteiger partial charge on any atom is -0.490 e. The van der Waals surface area contributed by atoms with Crippen molar-refractivity contribution < 1.29 is 19.1 Å². The zero-order valence-corrected chi connectivity index (χ0v) is 23.4. The molecule has 3 aromatic rings. The van der Waals surface area contributed by atoms with Crippen molar-refractivity contribution >= 4 is 11.8 Å². The van der Waals surface area contributed by atoms with Crippen LogP contribution in [0.3, 0.4) is 0 Å². The van der Waals surface area contributed by atoms with E-state index in [1.54, 1.807) is 0 Å². The molecule has 0 radical (unpaired) electrons. The fourth-order valence-corrected chi connectivity index (χ4v) is 7.13. The summed E-state index contributed by atoms with van der Waals surface area (Å²) in [5, 5.41) is 3.39. The lowest BCUT2D eigenvalue weighted by molar-refractivity contribution is -0.124. The molecule has 0 spiro atoms. The number of amides is 2. The third-order valence-corrected chi connectivity index (χ3v) is 9.01.